The van der Waals surface area contributed by atoms with Gasteiger partial charge in [0.25, 0.3) is 5.91 Å². The number of para-hydroxylation sites is 1. The summed E-state index contributed by atoms with van der Waals surface area (Å²) in [6.45, 7) is 5.94. The second-order valence-electron chi connectivity index (χ2n) is 8.92. The maximum atomic E-state index is 13.7. The molecular weight excluding hydrogens is 408 g/mol. The first kappa shape index (κ1) is 22.6. The molecule has 3 heterocycles. The van der Waals surface area contributed by atoms with E-state index in [1.807, 2.05) is 35.2 Å². The van der Waals surface area contributed by atoms with Crippen molar-refractivity contribution in [2.45, 2.75) is 44.6 Å². The van der Waals surface area contributed by atoms with Crippen LogP contribution in [0.15, 0.2) is 30.3 Å². The van der Waals surface area contributed by atoms with E-state index in [9.17, 15) is 14.4 Å². The number of piperidine rings is 1. The van der Waals surface area contributed by atoms with Gasteiger partial charge in [-0.2, -0.15) is 0 Å². The van der Waals surface area contributed by atoms with Crippen molar-refractivity contribution < 1.29 is 19.1 Å². The SMILES string of the molecule is CCCCC(=O)N1CCC2(CC1)C(=O)N(CC(=O)N1CCOCC1)CN2c1ccccc1. The zero-order valence-electron chi connectivity index (χ0n) is 19.0. The zero-order chi connectivity index (χ0) is 22.6. The maximum absolute atomic E-state index is 13.7. The Morgan fingerprint density at radius 1 is 0.969 bits per heavy atom. The molecule has 32 heavy (non-hydrogen) atoms. The van der Waals surface area contributed by atoms with Crippen molar-refractivity contribution in [2.24, 2.45) is 0 Å². The molecule has 4 rings (SSSR count). The van der Waals surface area contributed by atoms with Crippen molar-refractivity contribution in [3.63, 3.8) is 0 Å². The van der Waals surface area contributed by atoms with Gasteiger partial charge in [0.15, 0.2) is 0 Å². The highest BCUT2D eigenvalue weighted by atomic mass is 16.5. The topological polar surface area (TPSA) is 73.4 Å². The van der Waals surface area contributed by atoms with Crippen molar-refractivity contribution in [1.29, 1.82) is 0 Å². The lowest BCUT2D eigenvalue weighted by atomic mass is 9.85. The van der Waals surface area contributed by atoms with Crippen LogP contribution in [-0.4, -0.2) is 90.6 Å². The molecule has 3 aliphatic heterocycles. The Balaban J connectivity index is 1.50. The van der Waals surface area contributed by atoms with Gasteiger partial charge in [-0.05, 0) is 31.4 Å². The molecular formula is C24H34N4O4. The van der Waals surface area contributed by atoms with Crippen LogP contribution in [0.25, 0.3) is 0 Å². The van der Waals surface area contributed by atoms with E-state index in [0.29, 0.717) is 65.3 Å². The third-order valence-electron chi connectivity index (χ3n) is 6.96. The van der Waals surface area contributed by atoms with Crippen molar-refractivity contribution >= 4 is 23.4 Å². The predicted molar refractivity (Wildman–Crippen MR) is 121 cm³/mol. The van der Waals surface area contributed by atoms with Crippen LogP contribution in [0.5, 0.6) is 0 Å². The van der Waals surface area contributed by atoms with E-state index in [-0.39, 0.29) is 24.3 Å². The number of rotatable bonds is 6. The Labute approximate surface area is 190 Å². The zero-order valence-corrected chi connectivity index (χ0v) is 19.0. The molecule has 1 aromatic carbocycles. The Kier molecular flexibility index (Phi) is 6.98. The molecule has 0 unspecified atom stereocenters. The monoisotopic (exact) mass is 442 g/mol. The first-order valence-electron chi connectivity index (χ1n) is 11.8. The smallest absolute Gasteiger partial charge is 0.250 e. The molecule has 0 aromatic heterocycles. The summed E-state index contributed by atoms with van der Waals surface area (Å²) < 4.78 is 5.34. The Bertz CT molecular complexity index is 817. The molecule has 3 saturated heterocycles. The number of carbonyl (C=O) groups excluding carboxylic acids is 3. The van der Waals surface area contributed by atoms with Gasteiger partial charge >= 0.3 is 0 Å². The van der Waals surface area contributed by atoms with E-state index in [4.69, 9.17) is 4.74 Å². The fourth-order valence-electron chi connectivity index (χ4n) is 5.01. The maximum Gasteiger partial charge on any atom is 0.250 e. The van der Waals surface area contributed by atoms with Crippen LogP contribution in [0.1, 0.15) is 39.0 Å². The molecule has 0 radical (unpaired) electrons. The Hall–Kier alpha value is -2.61. The predicted octanol–water partition coefficient (Wildman–Crippen LogP) is 1.70. The summed E-state index contributed by atoms with van der Waals surface area (Å²) in [5.41, 5.74) is 0.279. The molecule has 8 heteroatoms. The normalized spacial score (nSPS) is 20.8. The highest BCUT2D eigenvalue weighted by Crippen LogP contribution is 2.39. The van der Waals surface area contributed by atoms with E-state index in [2.05, 4.69) is 11.8 Å². The van der Waals surface area contributed by atoms with E-state index in [0.717, 1.165) is 18.5 Å². The van der Waals surface area contributed by atoms with Crippen LogP contribution in [0.2, 0.25) is 0 Å². The number of ether oxygens (including phenoxy) is 1. The Morgan fingerprint density at radius 3 is 2.28 bits per heavy atom. The number of carbonyl (C=O) groups is 3. The van der Waals surface area contributed by atoms with Crippen LogP contribution >= 0.6 is 0 Å². The number of morpholine rings is 1. The number of likely N-dealkylation sites (tertiary alicyclic amines) is 1. The number of hydrogen-bond acceptors (Lipinski definition) is 5. The average molecular weight is 443 g/mol. The molecule has 0 aliphatic carbocycles. The first-order chi connectivity index (χ1) is 15.5. The largest absolute Gasteiger partial charge is 0.378 e. The van der Waals surface area contributed by atoms with Crippen molar-refractivity contribution in [3.05, 3.63) is 30.3 Å². The van der Waals surface area contributed by atoms with Gasteiger partial charge in [0, 0.05) is 38.3 Å². The van der Waals surface area contributed by atoms with Gasteiger partial charge in [0.05, 0.1) is 19.9 Å². The fourth-order valence-corrected chi connectivity index (χ4v) is 5.01. The summed E-state index contributed by atoms with van der Waals surface area (Å²) >= 11 is 0. The molecule has 8 nitrogen and oxygen atoms in total. The summed E-state index contributed by atoms with van der Waals surface area (Å²) in [7, 11) is 0. The number of nitrogens with zero attached hydrogens (tertiary/aromatic N) is 4. The highest BCUT2D eigenvalue weighted by molar-refractivity contribution is 5.96. The molecule has 0 N–H and O–H groups in total. The molecule has 0 saturated carbocycles. The molecule has 174 valence electrons. The number of benzene rings is 1. The molecule has 3 fully saturated rings. The number of hydrogen-bond donors (Lipinski definition) is 0. The van der Waals surface area contributed by atoms with Gasteiger partial charge < -0.3 is 24.3 Å². The van der Waals surface area contributed by atoms with Gasteiger partial charge in [-0.3, -0.25) is 14.4 Å². The van der Waals surface area contributed by atoms with Crippen LogP contribution in [0.4, 0.5) is 5.69 Å². The molecule has 0 atom stereocenters. The quantitative estimate of drug-likeness (QED) is 0.671. The van der Waals surface area contributed by atoms with Gasteiger partial charge in [0.2, 0.25) is 11.8 Å². The Morgan fingerprint density at radius 2 is 1.62 bits per heavy atom. The third kappa shape index (κ3) is 4.46. The van der Waals surface area contributed by atoms with E-state index in [1.165, 1.54) is 0 Å². The lowest BCUT2D eigenvalue weighted by Crippen LogP contribution is -2.57. The fraction of sp³-hybridized carbons (Fsp3) is 0.625. The molecule has 1 spiro atoms. The highest BCUT2D eigenvalue weighted by Gasteiger charge is 2.54. The number of unbranched alkanes of at least 4 members (excludes halogenated alkanes) is 1. The van der Waals surface area contributed by atoms with Gasteiger partial charge in [-0.15, -0.1) is 0 Å². The molecule has 3 aliphatic rings. The first-order valence-corrected chi connectivity index (χ1v) is 11.8. The summed E-state index contributed by atoms with van der Waals surface area (Å²) in [6.07, 6.45) is 3.63. The number of anilines is 1. The van der Waals surface area contributed by atoms with Crippen LogP contribution in [-0.2, 0) is 19.1 Å². The lowest BCUT2D eigenvalue weighted by Gasteiger charge is -2.43. The summed E-state index contributed by atoms with van der Waals surface area (Å²) in [6, 6.07) is 9.93. The second kappa shape index (κ2) is 9.90. The minimum atomic E-state index is -0.700. The minimum Gasteiger partial charge on any atom is -0.378 e. The van der Waals surface area contributed by atoms with Crippen molar-refractivity contribution in [1.82, 2.24) is 14.7 Å². The van der Waals surface area contributed by atoms with Crippen molar-refractivity contribution in [3.8, 4) is 0 Å². The summed E-state index contributed by atoms with van der Waals surface area (Å²) in [4.78, 5) is 46.6. The second-order valence-corrected chi connectivity index (χ2v) is 8.92. The standard InChI is InChI=1S/C24H34N4O4/c1-2-3-9-21(29)25-12-10-24(11-13-25)23(31)27(18-22(30)26-14-16-32-17-15-26)19-28(24)20-7-5-4-6-8-20/h4-8H,2-3,9-19H2,1H3. The van der Waals surface area contributed by atoms with E-state index < -0.39 is 5.54 Å². The van der Waals surface area contributed by atoms with Gasteiger partial charge in [0.1, 0.15) is 12.1 Å². The van der Waals surface area contributed by atoms with Crippen LogP contribution < -0.4 is 4.90 Å². The van der Waals surface area contributed by atoms with E-state index >= 15 is 0 Å². The van der Waals surface area contributed by atoms with Crippen LogP contribution in [0.3, 0.4) is 0 Å². The summed E-state index contributed by atoms with van der Waals surface area (Å²) in [5.74, 6) is 0.153. The average Bonchev–Trinajstić information content (AvgIpc) is 3.10. The third-order valence-corrected chi connectivity index (χ3v) is 6.96. The number of amides is 3. The van der Waals surface area contributed by atoms with Gasteiger partial charge in [-0.1, -0.05) is 31.5 Å². The summed E-state index contributed by atoms with van der Waals surface area (Å²) in [5, 5.41) is 0. The molecule has 0 bridgehead atoms. The van der Waals surface area contributed by atoms with Crippen LogP contribution in [0, 0.1) is 0 Å². The minimum absolute atomic E-state index is 0.00335. The molecule has 3 amide bonds. The van der Waals surface area contributed by atoms with Crippen molar-refractivity contribution in [2.75, 3.05) is 57.5 Å². The van der Waals surface area contributed by atoms with Gasteiger partial charge in [-0.25, -0.2) is 0 Å². The van der Waals surface area contributed by atoms with E-state index in [1.54, 1.807) is 9.80 Å². The lowest BCUT2D eigenvalue weighted by molar-refractivity contribution is -0.143. The molecule has 1 aromatic rings.